The second-order valence-corrected chi connectivity index (χ2v) is 2.45. The normalized spacial score (nSPS) is 9.55. The molecule has 0 amide bonds. The van der Waals surface area contributed by atoms with E-state index in [1.807, 2.05) is 0 Å². The van der Waals surface area contributed by atoms with Gasteiger partial charge in [-0.3, -0.25) is 4.79 Å². The van der Waals surface area contributed by atoms with Gasteiger partial charge in [-0.2, -0.15) is 0 Å². The summed E-state index contributed by atoms with van der Waals surface area (Å²) in [5, 5.41) is 9.04. The van der Waals surface area contributed by atoms with Crippen molar-refractivity contribution < 1.29 is 9.90 Å². The zero-order valence-corrected chi connectivity index (χ0v) is 6.51. The van der Waals surface area contributed by atoms with Gasteiger partial charge >= 0.3 is 0 Å². The number of phenolic OH excluding ortho intramolecular Hbond substituents is 1. The van der Waals surface area contributed by atoms with Gasteiger partial charge in [-0.05, 0) is 23.8 Å². The molecule has 0 heterocycles. The summed E-state index contributed by atoms with van der Waals surface area (Å²) < 4.78 is 0. The van der Waals surface area contributed by atoms with Crippen LogP contribution in [0.15, 0.2) is 18.2 Å². The number of hydrogen-bond acceptors (Lipinski definition) is 2. The van der Waals surface area contributed by atoms with Gasteiger partial charge in [0.2, 0.25) is 0 Å². The number of carbonyl (C=O) groups is 1. The predicted molar refractivity (Wildman–Crippen MR) is 43.1 cm³/mol. The van der Waals surface area contributed by atoms with Crippen LogP contribution >= 0.6 is 11.6 Å². The molecule has 0 radical (unpaired) electrons. The van der Waals surface area contributed by atoms with Crippen molar-refractivity contribution in [1.29, 1.82) is 0 Å². The fourth-order valence-corrected chi connectivity index (χ4v) is 0.999. The molecule has 0 bridgehead atoms. The monoisotopic (exact) mass is 170 g/mol. The van der Waals surface area contributed by atoms with Crippen LogP contribution in [-0.4, -0.2) is 11.4 Å². The Morgan fingerprint density at radius 2 is 2.18 bits per heavy atom. The van der Waals surface area contributed by atoms with Gasteiger partial charge in [0, 0.05) is 11.4 Å². The Labute approximate surface area is 69.4 Å². The van der Waals surface area contributed by atoms with E-state index in [1.54, 1.807) is 6.07 Å². The molecule has 0 aliphatic heterocycles. The molecule has 58 valence electrons. The minimum absolute atomic E-state index is 0.0743. The Hall–Kier alpha value is -1.02. The first-order valence-electron chi connectivity index (χ1n) is 3.10. The molecular weight excluding hydrogens is 164 g/mol. The SMILES string of the molecule is O=Cc1cc(O)cc(CCl)c1. The maximum absolute atomic E-state index is 10.3. The predicted octanol–water partition coefficient (Wildman–Crippen LogP) is 1.94. The van der Waals surface area contributed by atoms with Gasteiger partial charge < -0.3 is 5.11 Å². The molecule has 3 heteroatoms. The average molecular weight is 171 g/mol. The van der Waals surface area contributed by atoms with E-state index in [1.165, 1.54) is 12.1 Å². The third kappa shape index (κ3) is 1.95. The van der Waals surface area contributed by atoms with Crippen molar-refractivity contribution in [3.63, 3.8) is 0 Å². The highest BCUT2D eigenvalue weighted by atomic mass is 35.5. The van der Waals surface area contributed by atoms with Crippen molar-refractivity contribution in [2.75, 3.05) is 0 Å². The average Bonchev–Trinajstić information content (AvgIpc) is 2.03. The Morgan fingerprint density at radius 1 is 1.45 bits per heavy atom. The molecule has 0 aliphatic carbocycles. The minimum atomic E-state index is 0.0743. The lowest BCUT2D eigenvalue weighted by atomic mass is 10.1. The summed E-state index contributed by atoms with van der Waals surface area (Å²) in [5.74, 6) is 0.375. The van der Waals surface area contributed by atoms with Gasteiger partial charge in [-0.1, -0.05) is 0 Å². The molecule has 11 heavy (non-hydrogen) atoms. The molecule has 0 fully saturated rings. The van der Waals surface area contributed by atoms with Crippen LogP contribution in [0.2, 0.25) is 0 Å². The van der Waals surface area contributed by atoms with Gasteiger partial charge in [0.05, 0.1) is 0 Å². The van der Waals surface area contributed by atoms with E-state index < -0.39 is 0 Å². The summed E-state index contributed by atoms with van der Waals surface area (Å²) in [6, 6.07) is 4.56. The summed E-state index contributed by atoms with van der Waals surface area (Å²) in [4.78, 5) is 10.3. The third-order valence-corrected chi connectivity index (χ3v) is 1.60. The molecule has 1 rings (SSSR count). The van der Waals surface area contributed by atoms with Gasteiger partial charge in [-0.15, -0.1) is 11.6 Å². The fraction of sp³-hybridized carbons (Fsp3) is 0.125. The Balaban J connectivity index is 3.11. The van der Waals surface area contributed by atoms with Crippen LogP contribution in [0, 0.1) is 0 Å². The molecule has 2 nitrogen and oxygen atoms in total. The van der Waals surface area contributed by atoms with E-state index in [-0.39, 0.29) is 5.75 Å². The molecule has 0 atom stereocenters. The quantitative estimate of drug-likeness (QED) is 0.544. The zero-order valence-electron chi connectivity index (χ0n) is 5.75. The molecule has 1 N–H and O–H groups in total. The maximum Gasteiger partial charge on any atom is 0.150 e. The smallest absolute Gasteiger partial charge is 0.150 e. The highest BCUT2D eigenvalue weighted by Crippen LogP contribution is 2.15. The largest absolute Gasteiger partial charge is 0.508 e. The lowest BCUT2D eigenvalue weighted by Crippen LogP contribution is -1.83. The molecule has 0 unspecified atom stereocenters. The highest BCUT2D eigenvalue weighted by Gasteiger charge is 1.97. The number of aromatic hydroxyl groups is 1. The maximum atomic E-state index is 10.3. The first-order chi connectivity index (χ1) is 5.26. The number of rotatable bonds is 2. The molecule has 0 saturated heterocycles. The van der Waals surface area contributed by atoms with Crippen molar-refractivity contribution >= 4 is 17.9 Å². The molecule has 0 saturated carbocycles. The second kappa shape index (κ2) is 3.39. The van der Waals surface area contributed by atoms with E-state index in [0.717, 1.165) is 5.56 Å². The second-order valence-electron chi connectivity index (χ2n) is 2.18. The molecule has 1 aromatic rings. The van der Waals surface area contributed by atoms with Crippen molar-refractivity contribution in [3.8, 4) is 5.75 Å². The highest BCUT2D eigenvalue weighted by molar-refractivity contribution is 6.17. The Bertz CT molecular complexity index is 271. The lowest BCUT2D eigenvalue weighted by molar-refractivity contribution is 0.112. The van der Waals surface area contributed by atoms with Crippen molar-refractivity contribution in [1.82, 2.24) is 0 Å². The van der Waals surface area contributed by atoms with Crippen LogP contribution in [0.25, 0.3) is 0 Å². The summed E-state index contributed by atoms with van der Waals surface area (Å²) in [5.41, 5.74) is 1.19. The standard InChI is InChI=1S/C8H7ClO2/c9-4-6-1-7(5-10)3-8(11)2-6/h1-3,5,11H,4H2. The first-order valence-corrected chi connectivity index (χ1v) is 3.64. The van der Waals surface area contributed by atoms with Crippen molar-refractivity contribution in [2.45, 2.75) is 5.88 Å². The van der Waals surface area contributed by atoms with Gasteiger partial charge in [0.25, 0.3) is 0 Å². The van der Waals surface area contributed by atoms with Gasteiger partial charge in [0.15, 0.2) is 0 Å². The van der Waals surface area contributed by atoms with Crippen LogP contribution < -0.4 is 0 Å². The molecule has 1 aromatic carbocycles. The van der Waals surface area contributed by atoms with E-state index in [9.17, 15) is 4.79 Å². The van der Waals surface area contributed by atoms with Gasteiger partial charge in [-0.25, -0.2) is 0 Å². The van der Waals surface area contributed by atoms with E-state index >= 15 is 0 Å². The third-order valence-electron chi connectivity index (χ3n) is 1.29. The van der Waals surface area contributed by atoms with Crippen LogP contribution in [-0.2, 0) is 5.88 Å². The number of aldehydes is 1. The number of halogens is 1. The number of phenols is 1. The minimum Gasteiger partial charge on any atom is -0.508 e. The lowest BCUT2D eigenvalue weighted by Gasteiger charge is -1.97. The summed E-state index contributed by atoms with van der Waals surface area (Å²) in [7, 11) is 0. The van der Waals surface area contributed by atoms with Crippen molar-refractivity contribution in [2.24, 2.45) is 0 Å². The first kappa shape index (κ1) is 8.08. The molecule has 0 aromatic heterocycles. The van der Waals surface area contributed by atoms with Crippen molar-refractivity contribution in [3.05, 3.63) is 29.3 Å². The van der Waals surface area contributed by atoms with Crippen LogP contribution in [0.5, 0.6) is 5.75 Å². The molecule has 0 aliphatic rings. The number of alkyl halides is 1. The fourth-order valence-electron chi connectivity index (χ4n) is 0.845. The zero-order chi connectivity index (χ0) is 8.27. The van der Waals surface area contributed by atoms with Crippen LogP contribution in [0.1, 0.15) is 15.9 Å². The summed E-state index contributed by atoms with van der Waals surface area (Å²) >= 11 is 5.50. The summed E-state index contributed by atoms with van der Waals surface area (Å²) in [6.07, 6.45) is 0.676. The van der Waals surface area contributed by atoms with Crippen LogP contribution in [0.4, 0.5) is 0 Å². The summed E-state index contributed by atoms with van der Waals surface area (Å²) in [6.45, 7) is 0. The van der Waals surface area contributed by atoms with Gasteiger partial charge in [0.1, 0.15) is 12.0 Å². The van der Waals surface area contributed by atoms with E-state index in [2.05, 4.69) is 0 Å². The van der Waals surface area contributed by atoms with E-state index in [0.29, 0.717) is 17.7 Å². The van der Waals surface area contributed by atoms with Crippen LogP contribution in [0.3, 0.4) is 0 Å². The molecule has 0 spiro atoms. The Kier molecular flexibility index (Phi) is 2.49. The molecular formula is C8H7ClO2. The number of hydrogen-bond donors (Lipinski definition) is 1. The van der Waals surface area contributed by atoms with E-state index in [4.69, 9.17) is 16.7 Å². The number of benzene rings is 1. The Morgan fingerprint density at radius 3 is 2.73 bits per heavy atom. The number of carbonyl (C=O) groups excluding carboxylic acids is 1. The topological polar surface area (TPSA) is 37.3 Å².